The second kappa shape index (κ2) is 7.68. The zero-order chi connectivity index (χ0) is 12.3. The second-order valence-electron chi connectivity index (χ2n) is 4.86. The number of amides is 1. The molecule has 0 radical (unpaired) electrons. The molecular weight excluding hydrogens is 285 g/mol. The normalized spacial score (nSPS) is 21.8. The van der Waals surface area contributed by atoms with Crippen molar-refractivity contribution in [1.82, 2.24) is 10.3 Å². The van der Waals surface area contributed by atoms with Gasteiger partial charge in [0.2, 0.25) is 5.91 Å². The van der Waals surface area contributed by atoms with Gasteiger partial charge in [0.05, 0.1) is 17.4 Å². The van der Waals surface area contributed by atoms with Gasteiger partial charge in [0.15, 0.2) is 0 Å². The number of hydrogen-bond acceptors (Lipinski definition) is 3. The summed E-state index contributed by atoms with van der Waals surface area (Å²) in [5.74, 6) is 0.0355. The molecule has 2 N–H and O–H groups in total. The van der Waals surface area contributed by atoms with Crippen molar-refractivity contribution < 1.29 is 4.79 Å². The minimum absolute atomic E-state index is 0. The van der Waals surface area contributed by atoms with Crippen molar-refractivity contribution in [2.24, 2.45) is 0 Å². The fourth-order valence-electron chi connectivity index (χ4n) is 2.11. The van der Waals surface area contributed by atoms with Gasteiger partial charge in [-0.2, -0.15) is 0 Å². The van der Waals surface area contributed by atoms with E-state index in [9.17, 15) is 4.79 Å². The third-order valence-electron chi connectivity index (χ3n) is 3.41. The summed E-state index contributed by atoms with van der Waals surface area (Å²) in [7, 11) is 0. The Morgan fingerprint density at radius 1 is 1.42 bits per heavy atom. The zero-order valence-electron chi connectivity index (χ0n) is 11.2. The molecular formula is C13H21Cl2N3O. The fourth-order valence-corrected chi connectivity index (χ4v) is 2.11. The van der Waals surface area contributed by atoms with Crippen molar-refractivity contribution in [3.05, 3.63) is 24.0 Å². The molecule has 1 unspecified atom stereocenters. The summed E-state index contributed by atoms with van der Waals surface area (Å²) in [5.41, 5.74) is 1.39. The number of aryl methyl sites for hydroxylation is 1. The van der Waals surface area contributed by atoms with Crippen LogP contribution in [0, 0.1) is 6.92 Å². The first-order valence-electron chi connectivity index (χ1n) is 6.09. The van der Waals surface area contributed by atoms with Gasteiger partial charge in [0, 0.05) is 6.20 Å². The number of halogens is 2. The molecule has 0 bridgehead atoms. The number of carbonyl (C=O) groups is 1. The lowest BCUT2D eigenvalue weighted by molar-refractivity contribution is -0.122. The van der Waals surface area contributed by atoms with Crippen LogP contribution in [0.3, 0.4) is 0 Å². The van der Waals surface area contributed by atoms with Crippen molar-refractivity contribution in [2.45, 2.75) is 38.6 Å². The molecule has 0 spiro atoms. The Balaban J connectivity index is 0.00000162. The number of pyridine rings is 1. The Hall–Kier alpha value is -0.840. The summed E-state index contributed by atoms with van der Waals surface area (Å²) in [6.07, 6.45) is 6.56. The number of carbonyl (C=O) groups excluding carboxylic acids is 1. The molecule has 1 aliphatic rings. The van der Waals surface area contributed by atoms with Gasteiger partial charge in [-0.15, -0.1) is 24.8 Å². The van der Waals surface area contributed by atoms with Gasteiger partial charge in [0.1, 0.15) is 0 Å². The maximum absolute atomic E-state index is 12.2. The highest BCUT2D eigenvalue weighted by Crippen LogP contribution is 2.21. The lowest BCUT2D eigenvalue weighted by atomic mass is 9.90. The minimum atomic E-state index is -0.444. The van der Waals surface area contributed by atoms with Crippen LogP contribution in [0.5, 0.6) is 0 Å². The van der Waals surface area contributed by atoms with Crippen LogP contribution in [0.4, 0.5) is 5.69 Å². The van der Waals surface area contributed by atoms with Crippen molar-refractivity contribution in [3.8, 4) is 0 Å². The molecule has 2 heterocycles. The second-order valence-corrected chi connectivity index (χ2v) is 4.86. The number of piperidine rings is 1. The standard InChI is InChI=1S/C13H19N3O.2ClH/c1-10-5-8-14-9-11(10)16-12(17)13(2)6-3-4-7-15-13;;/h5,8-9,15H,3-4,6-7H2,1-2H3,(H,16,17);2*1H. The Bertz CT molecular complexity index is 420. The van der Waals surface area contributed by atoms with Crippen molar-refractivity contribution in [3.63, 3.8) is 0 Å². The number of rotatable bonds is 2. The maximum atomic E-state index is 12.2. The lowest BCUT2D eigenvalue weighted by Gasteiger charge is -2.33. The molecule has 0 aromatic carbocycles. The highest BCUT2D eigenvalue weighted by atomic mass is 35.5. The van der Waals surface area contributed by atoms with Crippen LogP contribution in [-0.4, -0.2) is 23.0 Å². The molecule has 1 fully saturated rings. The van der Waals surface area contributed by atoms with E-state index in [4.69, 9.17) is 0 Å². The SMILES string of the molecule is Cc1ccncc1NC(=O)C1(C)CCCCN1.Cl.Cl. The highest BCUT2D eigenvalue weighted by Gasteiger charge is 2.34. The van der Waals surface area contributed by atoms with Gasteiger partial charge >= 0.3 is 0 Å². The molecule has 4 nitrogen and oxygen atoms in total. The molecule has 1 aromatic heterocycles. The van der Waals surface area contributed by atoms with E-state index in [1.165, 1.54) is 0 Å². The van der Waals surface area contributed by atoms with Crippen molar-refractivity contribution in [1.29, 1.82) is 0 Å². The average molecular weight is 306 g/mol. The number of nitrogens with one attached hydrogen (secondary N) is 2. The predicted octanol–water partition coefficient (Wildman–Crippen LogP) is 2.70. The van der Waals surface area contributed by atoms with Crippen LogP contribution in [-0.2, 0) is 4.79 Å². The van der Waals surface area contributed by atoms with E-state index in [1.807, 2.05) is 19.9 Å². The molecule has 19 heavy (non-hydrogen) atoms. The molecule has 2 rings (SSSR count). The molecule has 0 aliphatic carbocycles. The summed E-state index contributed by atoms with van der Waals surface area (Å²) in [6.45, 7) is 4.84. The summed E-state index contributed by atoms with van der Waals surface area (Å²) < 4.78 is 0. The smallest absolute Gasteiger partial charge is 0.244 e. The summed E-state index contributed by atoms with van der Waals surface area (Å²) in [4.78, 5) is 16.3. The molecule has 1 atom stereocenters. The summed E-state index contributed by atoms with van der Waals surface area (Å²) >= 11 is 0. The van der Waals surface area contributed by atoms with E-state index in [0.717, 1.165) is 37.1 Å². The molecule has 6 heteroatoms. The summed E-state index contributed by atoms with van der Waals surface area (Å²) in [6, 6.07) is 1.90. The van der Waals surface area contributed by atoms with Gasteiger partial charge < -0.3 is 10.6 Å². The number of aromatic nitrogens is 1. The average Bonchev–Trinajstić information content (AvgIpc) is 2.33. The monoisotopic (exact) mass is 305 g/mol. The molecule has 1 amide bonds. The summed E-state index contributed by atoms with van der Waals surface area (Å²) in [5, 5.41) is 6.26. The van der Waals surface area contributed by atoms with Crippen molar-refractivity contribution >= 4 is 36.4 Å². The van der Waals surface area contributed by atoms with E-state index >= 15 is 0 Å². The largest absolute Gasteiger partial charge is 0.323 e. The third-order valence-corrected chi connectivity index (χ3v) is 3.41. The van der Waals surface area contributed by atoms with E-state index in [-0.39, 0.29) is 30.7 Å². The van der Waals surface area contributed by atoms with Crippen LogP contribution in [0.2, 0.25) is 0 Å². The van der Waals surface area contributed by atoms with Crippen LogP contribution in [0.15, 0.2) is 18.5 Å². The Morgan fingerprint density at radius 3 is 2.74 bits per heavy atom. The van der Waals surface area contributed by atoms with Crippen LogP contribution >= 0.6 is 24.8 Å². The lowest BCUT2D eigenvalue weighted by Crippen LogP contribution is -2.54. The fraction of sp³-hybridized carbons (Fsp3) is 0.538. The Morgan fingerprint density at radius 2 is 2.16 bits per heavy atom. The van der Waals surface area contributed by atoms with Gasteiger partial charge in [-0.05, 0) is 51.3 Å². The van der Waals surface area contributed by atoms with E-state index in [2.05, 4.69) is 15.6 Å². The molecule has 1 aromatic rings. The van der Waals surface area contributed by atoms with Gasteiger partial charge in [-0.3, -0.25) is 9.78 Å². The van der Waals surface area contributed by atoms with Gasteiger partial charge in [-0.1, -0.05) is 0 Å². The molecule has 108 valence electrons. The van der Waals surface area contributed by atoms with Gasteiger partial charge in [-0.25, -0.2) is 0 Å². The Labute approximate surface area is 126 Å². The highest BCUT2D eigenvalue weighted by molar-refractivity contribution is 5.98. The first kappa shape index (κ1) is 18.2. The molecule has 1 aliphatic heterocycles. The molecule has 0 saturated carbocycles. The number of hydrogen-bond donors (Lipinski definition) is 2. The number of anilines is 1. The first-order valence-corrected chi connectivity index (χ1v) is 6.09. The van der Waals surface area contributed by atoms with E-state index < -0.39 is 5.54 Å². The third kappa shape index (κ3) is 4.34. The molecule has 1 saturated heterocycles. The van der Waals surface area contributed by atoms with Crippen LogP contribution in [0.1, 0.15) is 31.7 Å². The van der Waals surface area contributed by atoms with Crippen LogP contribution < -0.4 is 10.6 Å². The topological polar surface area (TPSA) is 54.0 Å². The maximum Gasteiger partial charge on any atom is 0.244 e. The van der Waals surface area contributed by atoms with E-state index in [0.29, 0.717) is 0 Å². The van der Waals surface area contributed by atoms with Crippen molar-refractivity contribution in [2.75, 3.05) is 11.9 Å². The first-order chi connectivity index (χ1) is 8.12. The van der Waals surface area contributed by atoms with E-state index in [1.54, 1.807) is 12.4 Å². The zero-order valence-corrected chi connectivity index (χ0v) is 12.9. The predicted molar refractivity (Wildman–Crippen MR) is 82.4 cm³/mol. The number of nitrogens with zero attached hydrogens (tertiary/aromatic N) is 1. The Kier molecular flexibility index (Phi) is 7.34. The minimum Gasteiger partial charge on any atom is -0.323 e. The van der Waals surface area contributed by atoms with Gasteiger partial charge in [0.25, 0.3) is 0 Å². The van der Waals surface area contributed by atoms with Crippen LogP contribution in [0.25, 0.3) is 0 Å². The quantitative estimate of drug-likeness (QED) is 0.883.